The Kier molecular flexibility index (Phi) is 5.39. The summed E-state index contributed by atoms with van der Waals surface area (Å²) >= 11 is 0. The largest absolute Gasteiger partial charge is 0.298 e. The second-order valence-corrected chi connectivity index (χ2v) is 9.30. The van der Waals surface area contributed by atoms with Gasteiger partial charge < -0.3 is 0 Å². The lowest BCUT2D eigenvalue weighted by Gasteiger charge is -2.35. The molecule has 2 saturated heterocycles. The summed E-state index contributed by atoms with van der Waals surface area (Å²) < 4.78 is 23.0. The van der Waals surface area contributed by atoms with E-state index in [1.54, 1.807) is 0 Å². The second-order valence-electron chi connectivity index (χ2n) is 7.04. The van der Waals surface area contributed by atoms with Crippen LogP contribution in [0.1, 0.15) is 31.2 Å². The van der Waals surface area contributed by atoms with Gasteiger partial charge in [-0.2, -0.15) is 0 Å². The van der Waals surface area contributed by atoms with Crippen LogP contribution in [-0.2, 0) is 16.4 Å². The maximum Gasteiger partial charge on any atom is 0.148 e. The van der Waals surface area contributed by atoms with E-state index in [2.05, 4.69) is 40.1 Å². The Bertz CT molecular complexity index is 603. The molecular formula is C18H28N2O2S. The Labute approximate surface area is 140 Å². The molecule has 0 saturated carbocycles. The third kappa shape index (κ3) is 4.55. The smallest absolute Gasteiger partial charge is 0.148 e. The van der Waals surface area contributed by atoms with Gasteiger partial charge in [0.05, 0.1) is 5.75 Å². The first-order valence-corrected chi connectivity index (χ1v) is 10.8. The van der Waals surface area contributed by atoms with Crippen molar-refractivity contribution in [3.8, 4) is 0 Å². The van der Waals surface area contributed by atoms with E-state index in [1.807, 2.05) is 0 Å². The second kappa shape index (κ2) is 7.32. The first-order chi connectivity index (χ1) is 11.0. The monoisotopic (exact) mass is 336 g/mol. The maximum absolute atomic E-state index is 11.5. The minimum absolute atomic E-state index is 0.287. The molecule has 0 amide bonds. The summed E-state index contributed by atoms with van der Waals surface area (Å²) in [6.07, 6.45) is 6.25. The van der Waals surface area contributed by atoms with Gasteiger partial charge >= 0.3 is 0 Å². The molecule has 4 nitrogen and oxygen atoms in total. The van der Waals surface area contributed by atoms with Crippen molar-refractivity contribution in [3.63, 3.8) is 0 Å². The molecule has 5 heteroatoms. The van der Waals surface area contributed by atoms with Crippen LogP contribution in [0.15, 0.2) is 30.3 Å². The molecule has 0 spiro atoms. The maximum atomic E-state index is 11.5. The number of hydrogen-bond donors (Lipinski definition) is 0. The molecule has 0 aliphatic carbocycles. The zero-order chi connectivity index (χ0) is 16.3. The third-order valence-electron chi connectivity index (χ3n) is 5.25. The van der Waals surface area contributed by atoms with Gasteiger partial charge in [-0.3, -0.25) is 9.80 Å². The van der Waals surface area contributed by atoms with E-state index in [9.17, 15) is 8.42 Å². The molecule has 3 rings (SSSR count). The van der Waals surface area contributed by atoms with Gasteiger partial charge in [-0.15, -0.1) is 0 Å². The van der Waals surface area contributed by atoms with Gasteiger partial charge in [-0.25, -0.2) is 8.42 Å². The molecule has 128 valence electrons. The van der Waals surface area contributed by atoms with Gasteiger partial charge in [0.2, 0.25) is 0 Å². The van der Waals surface area contributed by atoms with Gasteiger partial charge in [0.25, 0.3) is 0 Å². The van der Waals surface area contributed by atoms with Crippen molar-refractivity contribution in [1.82, 2.24) is 9.80 Å². The van der Waals surface area contributed by atoms with Crippen LogP contribution in [0.2, 0.25) is 0 Å². The highest BCUT2D eigenvalue weighted by atomic mass is 32.2. The molecule has 1 aromatic rings. The molecule has 2 aliphatic rings. The standard InChI is InChI=1S/C18H28N2O2S/c1-23(21,22)14-13-19-11-5-9-17(19)18-10-6-12-20(18)15-16-7-3-2-4-8-16/h2-4,7-8,17-18H,5-6,9-15H2,1H3. The quantitative estimate of drug-likeness (QED) is 0.798. The molecule has 2 fully saturated rings. The molecule has 2 heterocycles. The summed E-state index contributed by atoms with van der Waals surface area (Å²) in [7, 11) is -2.88. The average Bonchev–Trinajstić information content (AvgIpc) is 3.13. The van der Waals surface area contributed by atoms with Crippen molar-refractivity contribution < 1.29 is 8.42 Å². The first-order valence-electron chi connectivity index (χ1n) is 8.73. The number of benzene rings is 1. The third-order valence-corrected chi connectivity index (χ3v) is 6.17. The summed E-state index contributed by atoms with van der Waals surface area (Å²) in [5.74, 6) is 0.287. The zero-order valence-corrected chi connectivity index (χ0v) is 14.8. The van der Waals surface area contributed by atoms with Gasteiger partial charge in [0.1, 0.15) is 9.84 Å². The molecule has 2 atom stereocenters. The highest BCUT2D eigenvalue weighted by Gasteiger charge is 2.37. The van der Waals surface area contributed by atoms with Crippen LogP contribution in [0.3, 0.4) is 0 Å². The van der Waals surface area contributed by atoms with E-state index in [4.69, 9.17) is 0 Å². The fourth-order valence-corrected chi connectivity index (χ4v) is 4.72. The Morgan fingerprint density at radius 1 is 1.00 bits per heavy atom. The van der Waals surface area contributed by atoms with Crippen molar-refractivity contribution in [1.29, 1.82) is 0 Å². The Hall–Kier alpha value is -0.910. The Morgan fingerprint density at radius 3 is 2.26 bits per heavy atom. The zero-order valence-electron chi connectivity index (χ0n) is 14.0. The molecule has 0 aromatic heterocycles. The minimum Gasteiger partial charge on any atom is -0.298 e. The summed E-state index contributed by atoms with van der Waals surface area (Å²) in [5.41, 5.74) is 1.38. The van der Waals surface area contributed by atoms with Gasteiger partial charge in [-0.05, 0) is 44.3 Å². The van der Waals surface area contributed by atoms with Crippen molar-refractivity contribution in [2.45, 2.75) is 44.3 Å². The molecule has 1 aromatic carbocycles. The molecule has 0 bridgehead atoms. The molecule has 0 N–H and O–H groups in total. The lowest BCUT2D eigenvalue weighted by atomic mass is 10.0. The van der Waals surface area contributed by atoms with Crippen molar-refractivity contribution in [2.24, 2.45) is 0 Å². The van der Waals surface area contributed by atoms with E-state index in [1.165, 1.54) is 37.5 Å². The number of sulfone groups is 1. The fraction of sp³-hybridized carbons (Fsp3) is 0.667. The summed E-state index contributed by atoms with van der Waals surface area (Å²) in [5, 5.41) is 0. The lowest BCUT2D eigenvalue weighted by molar-refractivity contribution is 0.133. The van der Waals surface area contributed by atoms with Gasteiger partial charge in [0.15, 0.2) is 0 Å². The average molecular weight is 337 g/mol. The highest BCUT2D eigenvalue weighted by Crippen LogP contribution is 2.30. The fourth-order valence-electron chi connectivity index (χ4n) is 4.15. The van der Waals surface area contributed by atoms with E-state index in [0.29, 0.717) is 18.6 Å². The van der Waals surface area contributed by atoms with Crippen molar-refractivity contribution in [2.75, 3.05) is 31.6 Å². The van der Waals surface area contributed by atoms with E-state index in [0.717, 1.165) is 19.6 Å². The predicted octanol–water partition coefficient (Wildman–Crippen LogP) is 2.16. The van der Waals surface area contributed by atoms with Crippen molar-refractivity contribution >= 4 is 9.84 Å². The minimum atomic E-state index is -2.88. The molecule has 23 heavy (non-hydrogen) atoms. The van der Waals surface area contributed by atoms with Crippen LogP contribution in [0, 0.1) is 0 Å². The predicted molar refractivity (Wildman–Crippen MR) is 94.2 cm³/mol. The number of nitrogens with zero attached hydrogens (tertiary/aromatic N) is 2. The highest BCUT2D eigenvalue weighted by molar-refractivity contribution is 7.90. The Balaban J connectivity index is 1.64. The summed E-state index contributed by atoms with van der Waals surface area (Å²) in [6, 6.07) is 11.8. The van der Waals surface area contributed by atoms with E-state index < -0.39 is 9.84 Å². The SMILES string of the molecule is CS(=O)(=O)CCN1CCCC1C1CCCN1Cc1ccccc1. The van der Waals surface area contributed by atoms with Gasteiger partial charge in [-0.1, -0.05) is 30.3 Å². The van der Waals surface area contributed by atoms with E-state index >= 15 is 0 Å². The van der Waals surface area contributed by atoms with Crippen LogP contribution in [0.5, 0.6) is 0 Å². The molecule has 0 radical (unpaired) electrons. The van der Waals surface area contributed by atoms with Crippen LogP contribution in [0.25, 0.3) is 0 Å². The summed E-state index contributed by atoms with van der Waals surface area (Å²) in [4.78, 5) is 5.04. The molecule has 2 unspecified atom stereocenters. The van der Waals surface area contributed by atoms with E-state index in [-0.39, 0.29) is 5.75 Å². The topological polar surface area (TPSA) is 40.6 Å². The van der Waals surface area contributed by atoms with Crippen LogP contribution < -0.4 is 0 Å². The number of likely N-dealkylation sites (tertiary alicyclic amines) is 2. The normalized spacial score (nSPS) is 26.8. The van der Waals surface area contributed by atoms with Crippen molar-refractivity contribution in [3.05, 3.63) is 35.9 Å². The first kappa shape index (κ1) is 16.9. The van der Waals surface area contributed by atoms with Crippen LogP contribution in [-0.4, -0.2) is 61.9 Å². The van der Waals surface area contributed by atoms with Crippen LogP contribution in [0.4, 0.5) is 0 Å². The number of rotatable bonds is 6. The van der Waals surface area contributed by atoms with Crippen LogP contribution >= 0.6 is 0 Å². The Morgan fingerprint density at radius 2 is 1.61 bits per heavy atom. The van der Waals surface area contributed by atoms with Gasteiger partial charge in [0, 0.05) is 31.4 Å². The summed E-state index contributed by atoms with van der Waals surface area (Å²) in [6.45, 7) is 3.92. The lowest BCUT2D eigenvalue weighted by Crippen LogP contribution is -2.47. The molecular weight excluding hydrogens is 308 g/mol. The number of hydrogen-bond acceptors (Lipinski definition) is 4. The molecule has 2 aliphatic heterocycles.